The maximum Gasteiger partial charge on any atom is 0.175 e. The summed E-state index contributed by atoms with van der Waals surface area (Å²) < 4.78 is 27.8. The molecule has 0 spiro atoms. The van der Waals surface area contributed by atoms with Crippen molar-refractivity contribution in [2.75, 3.05) is 0 Å². The van der Waals surface area contributed by atoms with Crippen molar-refractivity contribution in [1.82, 2.24) is 4.98 Å². The third kappa shape index (κ3) is 3.74. The standard InChI is InChI=1S/C15H14BrF2NOS/c1-15(2,3)12-7-21-13(19-12)6-11(20)14-9(17)4-8(16)5-10(14)18/h4-5,7H,6H2,1-3H3. The Morgan fingerprint density at radius 1 is 1.29 bits per heavy atom. The molecular weight excluding hydrogens is 360 g/mol. The lowest BCUT2D eigenvalue weighted by Gasteiger charge is -2.14. The Kier molecular flexibility index (Phi) is 4.58. The Morgan fingerprint density at radius 3 is 2.33 bits per heavy atom. The van der Waals surface area contributed by atoms with Crippen LogP contribution in [0, 0.1) is 11.6 Å². The topological polar surface area (TPSA) is 30.0 Å². The predicted octanol–water partition coefficient (Wildman–Crippen LogP) is 4.91. The van der Waals surface area contributed by atoms with Gasteiger partial charge in [0.15, 0.2) is 5.78 Å². The molecule has 0 N–H and O–H groups in total. The molecule has 1 aromatic heterocycles. The molecule has 21 heavy (non-hydrogen) atoms. The smallest absolute Gasteiger partial charge is 0.175 e. The van der Waals surface area contributed by atoms with E-state index in [4.69, 9.17) is 0 Å². The molecule has 0 unspecified atom stereocenters. The molecule has 0 radical (unpaired) electrons. The molecule has 0 aliphatic rings. The number of carbonyl (C=O) groups is 1. The van der Waals surface area contributed by atoms with Gasteiger partial charge in [-0.25, -0.2) is 13.8 Å². The molecule has 2 rings (SSSR count). The van der Waals surface area contributed by atoms with Gasteiger partial charge in [0.2, 0.25) is 0 Å². The molecular formula is C15H14BrF2NOS. The lowest BCUT2D eigenvalue weighted by molar-refractivity contribution is 0.0984. The van der Waals surface area contributed by atoms with Crippen LogP contribution in [-0.4, -0.2) is 10.8 Å². The molecule has 0 atom stereocenters. The quantitative estimate of drug-likeness (QED) is 0.715. The van der Waals surface area contributed by atoms with Crippen molar-refractivity contribution < 1.29 is 13.6 Å². The summed E-state index contributed by atoms with van der Waals surface area (Å²) in [4.78, 5) is 16.5. The van der Waals surface area contributed by atoms with E-state index in [0.29, 0.717) is 5.01 Å². The number of benzene rings is 1. The van der Waals surface area contributed by atoms with Gasteiger partial charge in [-0.15, -0.1) is 11.3 Å². The number of carbonyl (C=O) groups excluding carboxylic acids is 1. The van der Waals surface area contributed by atoms with Crippen molar-refractivity contribution >= 4 is 33.0 Å². The summed E-state index contributed by atoms with van der Waals surface area (Å²) in [6, 6.07) is 2.16. The fourth-order valence-electron chi connectivity index (χ4n) is 1.77. The van der Waals surface area contributed by atoms with E-state index < -0.39 is 23.0 Å². The van der Waals surface area contributed by atoms with Gasteiger partial charge in [0.1, 0.15) is 16.6 Å². The first-order valence-corrected chi connectivity index (χ1v) is 7.98. The molecule has 0 saturated carbocycles. The number of hydrogen-bond acceptors (Lipinski definition) is 3. The number of rotatable bonds is 3. The second-order valence-corrected chi connectivity index (χ2v) is 7.58. The lowest BCUT2D eigenvalue weighted by Crippen LogP contribution is -2.13. The number of nitrogens with zero attached hydrogens (tertiary/aromatic N) is 1. The van der Waals surface area contributed by atoms with Gasteiger partial charge in [0, 0.05) is 15.3 Å². The highest BCUT2D eigenvalue weighted by Crippen LogP contribution is 2.26. The van der Waals surface area contributed by atoms with Gasteiger partial charge in [-0.05, 0) is 12.1 Å². The lowest BCUT2D eigenvalue weighted by atomic mass is 9.93. The second kappa shape index (κ2) is 5.93. The van der Waals surface area contributed by atoms with Gasteiger partial charge in [0.25, 0.3) is 0 Å². The molecule has 0 aliphatic heterocycles. The maximum absolute atomic E-state index is 13.8. The predicted molar refractivity (Wildman–Crippen MR) is 82.9 cm³/mol. The largest absolute Gasteiger partial charge is 0.293 e. The average Bonchev–Trinajstić information content (AvgIpc) is 2.75. The van der Waals surface area contributed by atoms with Crippen LogP contribution in [0.15, 0.2) is 22.0 Å². The van der Waals surface area contributed by atoms with E-state index in [1.54, 1.807) is 0 Å². The average molecular weight is 374 g/mol. The monoisotopic (exact) mass is 373 g/mol. The van der Waals surface area contributed by atoms with Crippen LogP contribution >= 0.6 is 27.3 Å². The minimum atomic E-state index is -0.862. The zero-order valence-corrected chi connectivity index (χ0v) is 14.2. The van der Waals surface area contributed by atoms with Crippen LogP contribution in [0.5, 0.6) is 0 Å². The van der Waals surface area contributed by atoms with Crippen LogP contribution < -0.4 is 0 Å². The molecule has 0 amide bonds. The molecule has 0 saturated heterocycles. The minimum Gasteiger partial charge on any atom is -0.293 e. The van der Waals surface area contributed by atoms with Crippen molar-refractivity contribution in [3.63, 3.8) is 0 Å². The molecule has 1 aromatic carbocycles. The Balaban J connectivity index is 2.25. The molecule has 2 aromatic rings. The van der Waals surface area contributed by atoms with E-state index in [0.717, 1.165) is 17.8 Å². The van der Waals surface area contributed by atoms with Crippen molar-refractivity contribution in [2.24, 2.45) is 0 Å². The molecule has 1 heterocycles. The Hall–Kier alpha value is -1.14. The summed E-state index contributed by atoms with van der Waals surface area (Å²) in [5.74, 6) is -2.33. The van der Waals surface area contributed by atoms with Crippen LogP contribution in [0.1, 0.15) is 41.8 Å². The van der Waals surface area contributed by atoms with Crippen LogP contribution in [0.4, 0.5) is 8.78 Å². The summed E-state index contributed by atoms with van der Waals surface area (Å²) in [6.45, 7) is 6.05. The number of Topliss-reactive ketones (excluding diaryl/α,β-unsaturated/α-hetero) is 1. The van der Waals surface area contributed by atoms with Crippen LogP contribution in [0.25, 0.3) is 0 Å². The van der Waals surface area contributed by atoms with E-state index in [-0.39, 0.29) is 16.3 Å². The van der Waals surface area contributed by atoms with E-state index in [1.165, 1.54) is 11.3 Å². The van der Waals surface area contributed by atoms with Crippen molar-refractivity contribution in [2.45, 2.75) is 32.6 Å². The van der Waals surface area contributed by atoms with E-state index in [1.807, 2.05) is 26.2 Å². The summed E-state index contributed by atoms with van der Waals surface area (Å²) in [5, 5.41) is 2.43. The number of ketones is 1. The SMILES string of the molecule is CC(C)(C)c1csc(CC(=O)c2c(F)cc(Br)cc2F)n1. The number of hydrogen-bond donors (Lipinski definition) is 0. The Labute approximate surface area is 134 Å². The highest BCUT2D eigenvalue weighted by Gasteiger charge is 2.22. The zero-order valence-electron chi connectivity index (χ0n) is 11.8. The summed E-state index contributed by atoms with van der Waals surface area (Å²) in [5.41, 5.74) is 0.240. The van der Waals surface area contributed by atoms with Crippen molar-refractivity contribution in [1.29, 1.82) is 0 Å². The summed E-state index contributed by atoms with van der Waals surface area (Å²) in [7, 11) is 0. The molecule has 0 fully saturated rings. The Bertz CT molecular complexity index is 668. The van der Waals surface area contributed by atoms with E-state index in [2.05, 4.69) is 20.9 Å². The molecule has 112 valence electrons. The third-order valence-corrected chi connectivity index (χ3v) is 4.22. The van der Waals surface area contributed by atoms with Gasteiger partial charge < -0.3 is 0 Å². The number of aromatic nitrogens is 1. The number of halogens is 3. The normalized spacial score (nSPS) is 11.7. The maximum atomic E-state index is 13.8. The fraction of sp³-hybridized carbons (Fsp3) is 0.333. The highest BCUT2D eigenvalue weighted by atomic mass is 79.9. The van der Waals surface area contributed by atoms with Gasteiger partial charge >= 0.3 is 0 Å². The highest BCUT2D eigenvalue weighted by molar-refractivity contribution is 9.10. The van der Waals surface area contributed by atoms with Crippen LogP contribution in [-0.2, 0) is 11.8 Å². The van der Waals surface area contributed by atoms with Crippen LogP contribution in [0.3, 0.4) is 0 Å². The van der Waals surface area contributed by atoms with E-state index >= 15 is 0 Å². The fourth-order valence-corrected chi connectivity index (χ4v) is 3.19. The first-order valence-electron chi connectivity index (χ1n) is 6.31. The first-order chi connectivity index (χ1) is 9.68. The Morgan fingerprint density at radius 2 is 1.86 bits per heavy atom. The van der Waals surface area contributed by atoms with Crippen molar-refractivity contribution in [3.05, 3.63) is 49.9 Å². The zero-order chi connectivity index (χ0) is 15.8. The molecule has 6 heteroatoms. The molecule has 2 nitrogen and oxygen atoms in total. The van der Waals surface area contributed by atoms with Gasteiger partial charge in [0.05, 0.1) is 17.7 Å². The summed E-state index contributed by atoms with van der Waals surface area (Å²) >= 11 is 4.31. The van der Waals surface area contributed by atoms with E-state index in [9.17, 15) is 13.6 Å². The minimum absolute atomic E-state index is 0.101. The first kappa shape index (κ1) is 16.2. The van der Waals surface area contributed by atoms with Crippen LogP contribution in [0.2, 0.25) is 0 Å². The van der Waals surface area contributed by atoms with Gasteiger partial charge in [-0.1, -0.05) is 36.7 Å². The second-order valence-electron chi connectivity index (χ2n) is 5.72. The van der Waals surface area contributed by atoms with Gasteiger partial charge in [-0.2, -0.15) is 0 Å². The third-order valence-electron chi connectivity index (χ3n) is 2.92. The number of thiazole rings is 1. The van der Waals surface area contributed by atoms with Crippen molar-refractivity contribution in [3.8, 4) is 0 Å². The molecule has 0 aliphatic carbocycles. The summed E-state index contributed by atoms with van der Waals surface area (Å²) in [6.07, 6.45) is -0.101. The molecule has 0 bridgehead atoms. The van der Waals surface area contributed by atoms with Gasteiger partial charge in [-0.3, -0.25) is 4.79 Å².